The van der Waals surface area contributed by atoms with Crippen molar-refractivity contribution in [1.29, 1.82) is 0 Å². The number of esters is 2. The Morgan fingerprint density at radius 3 is 1.32 bits per heavy atom. The lowest BCUT2D eigenvalue weighted by Gasteiger charge is -2.28. The van der Waals surface area contributed by atoms with Crippen LogP contribution in [0.5, 0.6) is 0 Å². The maximum Gasteiger partial charge on any atom is 0.306 e. The Morgan fingerprint density at radius 2 is 0.911 bits per heavy atom. The van der Waals surface area contributed by atoms with Crippen molar-refractivity contribution in [2.75, 3.05) is 47.5 Å². The molecule has 0 N–H and O–H groups in total. The molecule has 0 heterocycles. The predicted octanol–water partition coefficient (Wildman–Crippen LogP) is 12.7. The van der Waals surface area contributed by atoms with Gasteiger partial charge in [-0.3, -0.25) is 14.2 Å². The van der Waals surface area contributed by atoms with E-state index in [9.17, 15) is 19.0 Å². The molecule has 0 saturated carbocycles. The molecule has 10 heteroatoms. The first-order valence-corrected chi connectivity index (χ1v) is 25.0. The van der Waals surface area contributed by atoms with Gasteiger partial charge in [-0.2, -0.15) is 0 Å². The molecule has 0 aromatic heterocycles. The largest absolute Gasteiger partial charge is 0.756 e. The number of ether oxygens (including phenoxy) is 2. The molecule has 0 aliphatic carbocycles. The molecular weight excluding hydrogens is 725 g/mol. The van der Waals surface area contributed by atoms with Crippen LogP contribution in [0.1, 0.15) is 220 Å². The average molecular weight is 818 g/mol. The van der Waals surface area contributed by atoms with Gasteiger partial charge in [0.05, 0.1) is 27.7 Å². The highest BCUT2D eigenvalue weighted by atomic mass is 31.2. The van der Waals surface area contributed by atoms with Gasteiger partial charge >= 0.3 is 11.9 Å². The molecule has 0 amide bonds. The van der Waals surface area contributed by atoms with Crippen LogP contribution in [-0.4, -0.2) is 70.0 Å². The number of quaternary nitrogens is 1. The van der Waals surface area contributed by atoms with Crippen molar-refractivity contribution >= 4 is 19.8 Å². The number of unbranched alkanes of at least 4 members (excludes halogenated alkanes) is 20. The SMILES string of the molecule is CCCCCCCCCCC(C)CCCCCCC(=O)OCC(COP(=O)([O-])OCC[N+](C)(C)C)OC(=O)CCCCCCC(C)CCCCCCCCCC. The van der Waals surface area contributed by atoms with Crippen molar-refractivity contribution in [3.63, 3.8) is 0 Å². The molecule has 0 aliphatic heterocycles. The summed E-state index contributed by atoms with van der Waals surface area (Å²) in [5.41, 5.74) is 0. The molecule has 4 atom stereocenters. The maximum atomic E-state index is 12.7. The van der Waals surface area contributed by atoms with Crippen LogP contribution in [0.3, 0.4) is 0 Å². The topological polar surface area (TPSA) is 111 Å². The minimum Gasteiger partial charge on any atom is -0.756 e. The Labute approximate surface area is 346 Å². The van der Waals surface area contributed by atoms with Gasteiger partial charge in [-0.1, -0.05) is 195 Å². The second kappa shape index (κ2) is 37.0. The first-order chi connectivity index (χ1) is 26.8. The molecule has 334 valence electrons. The van der Waals surface area contributed by atoms with E-state index < -0.39 is 26.5 Å². The molecule has 0 radical (unpaired) electrons. The Balaban J connectivity index is 4.44. The van der Waals surface area contributed by atoms with Crippen molar-refractivity contribution in [2.24, 2.45) is 11.8 Å². The van der Waals surface area contributed by atoms with Crippen molar-refractivity contribution < 1.29 is 42.1 Å². The van der Waals surface area contributed by atoms with Gasteiger partial charge in [0.1, 0.15) is 19.8 Å². The fourth-order valence-electron chi connectivity index (χ4n) is 7.03. The van der Waals surface area contributed by atoms with E-state index in [0.717, 1.165) is 50.4 Å². The lowest BCUT2D eigenvalue weighted by atomic mass is 9.96. The van der Waals surface area contributed by atoms with Gasteiger partial charge in [0.2, 0.25) is 0 Å². The van der Waals surface area contributed by atoms with Gasteiger partial charge in [-0.25, -0.2) is 0 Å². The highest BCUT2D eigenvalue weighted by Crippen LogP contribution is 2.38. The van der Waals surface area contributed by atoms with Gasteiger partial charge in [-0.15, -0.1) is 0 Å². The van der Waals surface area contributed by atoms with Crippen LogP contribution in [0, 0.1) is 11.8 Å². The highest BCUT2D eigenvalue weighted by molar-refractivity contribution is 7.45. The molecule has 0 bridgehead atoms. The zero-order valence-electron chi connectivity index (χ0n) is 37.9. The van der Waals surface area contributed by atoms with Gasteiger partial charge in [0, 0.05) is 12.8 Å². The smallest absolute Gasteiger partial charge is 0.306 e. The predicted molar refractivity (Wildman–Crippen MR) is 231 cm³/mol. The third-order valence-electron chi connectivity index (χ3n) is 10.9. The summed E-state index contributed by atoms with van der Waals surface area (Å²) in [7, 11) is 1.18. The molecule has 56 heavy (non-hydrogen) atoms. The standard InChI is InChI=1S/C46H92NO8P/c1-8-10-12-14-16-18-20-26-32-42(3)34-28-22-24-30-36-45(48)52-40-44(41-54-56(50,51)53-39-38-47(5,6)7)55-46(49)37-31-25-23-29-35-43(4)33-27-21-19-17-15-13-11-9-2/h42-44H,8-41H2,1-7H3. The Morgan fingerprint density at radius 1 is 0.536 bits per heavy atom. The minimum atomic E-state index is -4.62. The summed E-state index contributed by atoms with van der Waals surface area (Å²) < 4.78 is 34.1. The summed E-state index contributed by atoms with van der Waals surface area (Å²) in [5, 5.41) is 0. The lowest BCUT2D eigenvalue weighted by Crippen LogP contribution is -2.37. The summed E-state index contributed by atoms with van der Waals surface area (Å²) in [4.78, 5) is 37.7. The molecule has 0 rings (SSSR count). The lowest BCUT2D eigenvalue weighted by molar-refractivity contribution is -0.870. The molecule has 0 saturated heterocycles. The van der Waals surface area contributed by atoms with E-state index in [1.807, 2.05) is 21.1 Å². The number of likely N-dealkylation sites (N-methyl/N-ethyl adjacent to an activating group) is 1. The number of carbonyl (C=O) groups excluding carboxylic acids is 2. The van der Waals surface area contributed by atoms with Gasteiger partial charge in [0.15, 0.2) is 6.10 Å². The normalized spacial score (nSPS) is 14.6. The van der Waals surface area contributed by atoms with E-state index in [0.29, 0.717) is 17.4 Å². The van der Waals surface area contributed by atoms with Crippen molar-refractivity contribution in [3.05, 3.63) is 0 Å². The van der Waals surface area contributed by atoms with Crippen LogP contribution >= 0.6 is 7.82 Å². The molecular formula is C46H92NO8P. The van der Waals surface area contributed by atoms with Gasteiger partial charge < -0.3 is 27.9 Å². The van der Waals surface area contributed by atoms with E-state index in [1.165, 1.54) is 135 Å². The number of hydrogen-bond donors (Lipinski definition) is 0. The second-order valence-corrected chi connectivity index (χ2v) is 19.4. The van der Waals surface area contributed by atoms with Crippen LogP contribution in [0.25, 0.3) is 0 Å². The summed E-state index contributed by atoms with van der Waals surface area (Å²) in [6.07, 6.45) is 34.1. The quantitative estimate of drug-likeness (QED) is 0.0259. The Kier molecular flexibility index (Phi) is 36.4. The third kappa shape index (κ3) is 39.8. The Hall–Kier alpha value is -0.990. The number of nitrogens with zero attached hydrogens (tertiary/aromatic N) is 1. The van der Waals surface area contributed by atoms with Crippen LogP contribution in [0.4, 0.5) is 0 Å². The fourth-order valence-corrected chi connectivity index (χ4v) is 7.76. The van der Waals surface area contributed by atoms with E-state index in [2.05, 4.69) is 27.7 Å². The Bertz CT molecular complexity index is 958. The number of phosphoric acid groups is 1. The summed E-state index contributed by atoms with van der Waals surface area (Å²) in [6, 6.07) is 0. The zero-order chi connectivity index (χ0) is 41.8. The minimum absolute atomic E-state index is 0.0279. The molecule has 0 spiro atoms. The van der Waals surface area contributed by atoms with Crippen LogP contribution in [0.15, 0.2) is 0 Å². The molecule has 0 aromatic rings. The maximum absolute atomic E-state index is 12.7. The summed E-state index contributed by atoms with van der Waals surface area (Å²) in [6.45, 7) is 8.96. The second-order valence-electron chi connectivity index (χ2n) is 18.0. The van der Waals surface area contributed by atoms with Crippen LogP contribution < -0.4 is 4.89 Å². The fraction of sp³-hybridized carbons (Fsp3) is 0.957. The van der Waals surface area contributed by atoms with Gasteiger partial charge in [-0.05, 0) is 24.7 Å². The average Bonchev–Trinajstić information content (AvgIpc) is 3.13. The summed E-state index contributed by atoms with van der Waals surface area (Å²) >= 11 is 0. The van der Waals surface area contributed by atoms with Crippen molar-refractivity contribution in [3.8, 4) is 0 Å². The third-order valence-corrected chi connectivity index (χ3v) is 11.9. The number of hydrogen-bond acceptors (Lipinski definition) is 8. The first-order valence-electron chi connectivity index (χ1n) is 23.5. The molecule has 4 unspecified atom stereocenters. The van der Waals surface area contributed by atoms with E-state index in [4.69, 9.17) is 18.5 Å². The number of phosphoric ester groups is 1. The summed E-state index contributed by atoms with van der Waals surface area (Å²) in [5.74, 6) is 0.661. The van der Waals surface area contributed by atoms with Crippen molar-refractivity contribution in [2.45, 2.75) is 226 Å². The molecule has 0 fully saturated rings. The number of carbonyl (C=O) groups is 2. The first kappa shape index (κ1) is 55.0. The number of rotatable bonds is 42. The van der Waals surface area contributed by atoms with Crippen molar-refractivity contribution in [1.82, 2.24) is 0 Å². The van der Waals surface area contributed by atoms with E-state index in [1.54, 1.807) is 0 Å². The van der Waals surface area contributed by atoms with E-state index in [-0.39, 0.29) is 32.0 Å². The van der Waals surface area contributed by atoms with E-state index >= 15 is 0 Å². The monoisotopic (exact) mass is 818 g/mol. The molecule has 9 nitrogen and oxygen atoms in total. The molecule has 0 aromatic carbocycles. The van der Waals surface area contributed by atoms with Gasteiger partial charge in [0.25, 0.3) is 7.82 Å². The highest BCUT2D eigenvalue weighted by Gasteiger charge is 2.22. The molecule has 0 aliphatic rings. The van der Waals surface area contributed by atoms with Crippen LogP contribution in [-0.2, 0) is 32.7 Å². The zero-order valence-corrected chi connectivity index (χ0v) is 38.8. The van der Waals surface area contributed by atoms with Crippen LogP contribution in [0.2, 0.25) is 0 Å².